The van der Waals surface area contributed by atoms with Crippen LogP contribution in [0.2, 0.25) is 0 Å². The molecule has 0 atom stereocenters. The predicted octanol–water partition coefficient (Wildman–Crippen LogP) is 0.785. The lowest BCUT2D eigenvalue weighted by molar-refractivity contribution is 0.415. The zero-order chi connectivity index (χ0) is 16.8. The van der Waals surface area contributed by atoms with E-state index in [-0.39, 0.29) is 16.9 Å². The molecule has 9 nitrogen and oxygen atoms in total. The lowest BCUT2D eigenvalue weighted by Gasteiger charge is -2.03. The normalized spacial score (nSPS) is 11.8. The minimum absolute atomic E-state index is 0.0616. The van der Waals surface area contributed by atoms with Crippen LogP contribution in [0.1, 0.15) is 0 Å². The van der Waals surface area contributed by atoms with Crippen LogP contribution in [0, 0.1) is 3.57 Å². The third-order valence-electron chi connectivity index (χ3n) is 2.96. The van der Waals surface area contributed by atoms with Gasteiger partial charge in [-0.15, -0.1) is 5.10 Å². The molecule has 3 aromatic rings. The van der Waals surface area contributed by atoms with Crippen LogP contribution in [-0.4, -0.2) is 46.3 Å². The number of fused-ring (bicyclic) bond motifs is 1. The number of aromatic nitrogens is 5. The van der Waals surface area contributed by atoms with Gasteiger partial charge < -0.3 is 10.5 Å². The van der Waals surface area contributed by atoms with Crippen molar-refractivity contribution in [1.29, 1.82) is 0 Å². The molecule has 0 amide bonds. The van der Waals surface area contributed by atoms with E-state index in [1.54, 1.807) is 13.2 Å². The van der Waals surface area contributed by atoms with Crippen LogP contribution in [0.4, 0.5) is 5.95 Å². The van der Waals surface area contributed by atoms with Crippen molar-refractivity contribution in [3.63, 3.8) is 0 Å². The van der Waals surface area contributed by atoms with Gasteiger partial charge in [-0.1, -0.05) is 0 Å². The second-order valence-corrected chi connectivity index (χ2v) is 7.70. The van der Waals surface area contributed by atoms with Crippen molar-refractivity contribution < 1.29 is 13.2 Å². The molecule has 0 aliphatic rings. The number of ether oxygens (including phenoxy) is 1. The van der Waals surface area contributed by atoms with Gasteiger partial charge in [0.1, 0.15) is 5.75 Å². The topological polar surface area (TPSA) is 125 Å². The molecule has 0 bridgehead atoms. The highest BCUT2D eigenvalue weighted by Crippen LogP contribution is 2.27. The molecule has 0 unspecified atom stereocenters. The Morgan fingerprint density at radius 3 is 2.65 bits per heavy atom. The molecule has 11 heteroatoms. The third kappa shape index (κ3) is 2.93. The summed E-state index contributed by atoms with van der Waals surface area (Å²) in [5, 5.41) is 3.86. The minimum atomic E-state index is -3.60. The summed E-state index contributed by atoms with van der Waals surface area (Å²) in [5.74, 6) is 0.953. The number of benzene rings is 1. The van der Waals surface area contributed by atoms with Crippen molar-refractivity contribution in [2.24, 2.45) is 0 Å². The SMILES string of the molecule is COc1ccc(I)c(-c2nc3nc(S(C)(=O)=O)nc(N)n3n2)c1. The first-order valence-electron chi connectivity index (χ1n) is 6.24. The molecular weight excluding hydrogens is 435 g/mol. The molecule has 0 aliphatic heterocycles. The summed E-state index contributed by atoms with van der Waals surface area (Å²) in [7, 11) is -2.04. The Hall–Kier alpha value is -2.02. The zero-order valence-corrected chi connectivity index (χ0v) is 15.0. The van der Waals surface area contributed by atoms with Gasteiger partial charge >= 0.3 is 0 Å². The highest BCUT2D eigenvalue weighted by molar-refractivity contribution is 14.1. The quantitative estimate of drug-likeness (QED) is 0.586. The molecule has 0 spiro atoms. The Balaban J connectivity index is 2.23. The number of rotatable bonds is 3. The molecular formula is C12H11IN6O3S. The number of halogens is 1. The highest BCUT2D eigenvalue weighted by atomic mass is 127. The molecule has 2 heterocycles. The van der Waals surface area contributed by atoms with Crippen molar-refractivity contribution in [1.82, 2.24) is 24.6 Å². The van der Waals surface area contributed by atoms with Crippen molar-refractivity contribution in [2.45, 2.75) is 5.16 Å². The van der Waals surface area contributed by atoms with E-state index in [0.717, 1.165) is 15.4 Å². The van der Waals surface area contributed by atoms with Crippen molar-refractivity contribution >= 4 is 44.2 Å². The summed E-state index contributed by atoms with van der Waals surface area (Å²) >= 11 is 2.14. The van der Waals surface area contributed by atoms with E-state index in [9.17, 15) is 8.42 Å². The average Bonchev–Trinajstić information content (AvgIpc) is 2.91. The first-order valence-corrected chi connectivity index (χ1v) is 9.21. The largest absolute Gasteiger partial charge is 0.497 e. The van der Waals surface area contributed by atoms with E-state index in [1.165, 1.54) is 4.52 Å². The fourth-order valence-electron chi connectivity index (χ4n) is 1.87. The van der Waals surface area contributed by atoms with Crippen LogP contribution in [0.5, 0.6) is 5.75 Å². The van der Waals surface area contributed by atoms with Crippen molar-refractivity contribution in [2.75, 3.05) is 19.1 Å². The smallest absolute Gasteiger partial charge is 0.258 e. The first kappa shape index (κ1) is 15.9. The number of nitrogens with zero attached hydrogens (tertiary/aromatic N) is 5. The Morgan fingerprint density at radius 1 is 1.26 bits per heavy atom. The fourth-order valence-corrected chi connectivity index (χ4v) is 2.95. The van der Waals surface area contributed by atoms with Crippen LogP contribution >= 0.6 is 22.6 Å². The molecule has 2 N–H and O–H groups in total. The number of methoxy groups -OCH3 is 1. The van der Waals surface area contributed by atoms with Gasteiger partial charge in [-0.3, -0.25) is 0 Å². The summed E-state index contributed by atoms with van der Waals surface area (Å²) in [4.78, 5) is 11.9. The summed E-state index contributed by atoms with van der Waals surface area (Å²) in [6, 6.07) is 5.45. The van der Waals surface area contributed by atoms with E-state index in [1.807, 2.05) is 12.1 Å². The fraction of sp³-hybridized carbons (Fsp3) is 0.167. The van der Waals surface area contributed by atoms with Gasteiger partial charge in [-0.05, 0) is 40.8 Å². The molecule has 0 radical (unpaired) electrons. The summed E-state index contributed by atoms with van der Waals surface area (Å²) < 4.78 is 30.5. The maximum Gasteiger partial charge on any atom is 0.258 e. The van der Waals surface area contributed by atoms with Crippen molar-refractivity contribution in [3.05, 3.63) is 21.8 Å². The van der Waals surface area contributed by atoms with E-state index in [2.05, 4.69) is 42.6 Å². The van der Waals surface area contributed by atoms with Gasteiger partial charge in [0.05, 0.1) is 7.11 Å². The number of sulfone groups is 1. The van der Waals surface area contributed by atoms with Crippen LogP contribution in [0.25, 0.3) is 17.2 Å². The van der Waals surface area contributed by atoms with Crippen LogP contribution < -0.4 is 10.5 Å². The number of nitrogen functional groups attached to an aromatic ring is 1. The molecule has 2 aromatic heterocycles. The Bertz CT molecular complexity index is 1020. The maximum atomic E-state index is 11.6. The lowest BCUT2D eigenvalue weighted by atomic mass is 10.2. The molecule has 0 saturated carbocycles. The molecule has 0 aliphatic carbocycles. The number of hydrogen-bond acceptors (Lipinski definition) is 8. The first-order chi connectivity index (χ1) is 10.8. The summed E-state index contributed by atoms with van der Waals surface area (Å²) in [6.45, 7) is 0. The minimum Gasteiger partial charge on any atom is -0.497 e. The third-order valence-corrected chi connectivity index (χ3v) is 4.75. The molecule has 0 fully saturated rings. The summed E-state index contributed by atoms with van der Waals surface area (Å²) in [5.41, 5.74) is 6.48. The number of anilines is 1. The molecule has 3 rings (SSSR count). The number of nitrogens with two attached hydrogens (primary N) is 1. The zero-order valence-electron chi connectivity index (χ0n) is 12.1. The standard InChI is InChI=1S/C12H11IN6O3S/c1-22-6-3-4-8(13)7(5-6)9-15-11-17-12(23(2,20)21)16-10(14)19(11)18-9/h3-5H,1-2H3,(H2,14,15,16,17,18). The molecule has 1 aromatic carbocycles. The van der Waals surface area contributed by atoms with Gasteiger partial charge in [0, 0.05) is 15.4 Å². The average molecular weight is 446 g/mol. The predicted molar refractivity (Wildman–Crippen MR) is 90.8 cm³/mol. The second kappa shape index (κ2) is 5.56. The van der Waals surface area contributed by atoms with Gasteiger partial charge in [0.15, 0.2) is 5.82 Å². The second-order valence-electron chi connectivity index (χ2n) is 4.63. The molecule has 0 saturated heterocycles. The Kier molecular flexibility index (Phi) is 3.83. The molecule has 23 heavy (non-hydrogen) atoms. The van der Waals surface area contributed by atoms with Gasteiger partial charge in [0.2, 0.25) is 15.8 Å². The van der Waals surface area contributed by atoms with E-state index < -0.39 is 9.84 Å². The van der Waals surface area contributed by atoms with E-state index in [0.29, 0.717) is 11.6 Å². The van der Waals surface area contributed by atoms with Gasteiger partial charge in [-0.2, -0.15) is 19.5 Å². The van der Waals surface area contributed by atoms with Crippen molar-refractivity contribution in [3.8, 4) is 17.1 Å². The van der Waals surface area contributed by atoms with Crippen LogP contribution in [0.15, 0.2) is 23.4 Å². The monoisotopic (exact) mass is 446 g/mol. The van der Waals surface area contributed by atoms with Crippen LogP contribution in [-0.2, 0) is 9.84 Å². The Morgan fingerprint density at radius 2 is 2.00 bits per heavy atom. The van der Waals surface area contributed by atoms with E-state index in [4.69, 9.17) is 10.5 Å². The Labute approximate surface area is 145 Å². The van der Waals surface area contributed by atoms with Gasteiger partial charge in [-0.25, -0.2) is 8.42 Å². The lowest BCUT2D eigenvalue weighted by Crippen LogP contribution is -2.11. The molecule has 120 valence electrons. The highest BCUT2D eigenvalue weighted by Gasteiger charge is 2.18. The maximum absolute atomic E-state index is 11.6. The number of hydrogen-bond donors (Lipinski definition) is 1. The van der Waals surface area contributed by atoms with Crippen LogP contribution in [0.3, 0.4) is 0 Å². The summed E-state index contributed by atoms with van der Waals surface area (Å²) in [6.07, 6.45) is 1.00. The van der Waals surface area contributed by atoms with Gasteiger partial charge in [0.25, 0.3) is 10.9 Å². The van der Waals surface area contributed by atoms with E-state index >= 15 is 0 Å².